The molecule has 0 bridgehead atoms. The highest BCUT2D eigenvalue weighted by atomic mass is 19.4. The minimum absolute atomic E-state index is 0.384. The summed E-state index contributed by atoms with van der Waals surface area (Å²) in [4.78, 5) is 0. The molecule has 0 heterocycles. The van der Waals surface area contributed by atoms with E-state index in [9.17, 15) is 30.7 Å². The van der Waals surface area contributed by atoms with Crippen LogP contribution in [0.15, 0.2) is 0 Å². The third kappa shape index (κ3) is 1.35. The number of halogens is 7. The van der Waals surface area contributed by atoms with Crippen LogP contribution in [0.2, 0.25) is 0 Å². The summed E-state index contributed by atoms with van der Waals surface area (Å²) in [5.41, 5.74) is -5.33. The van der Waals surface area contributed by atoms with Crippen LogP contribution in [0.1, 0.15) is 20.8 Å². The maximum atomic E-state index is 13.3. The van der Waals surface area contributed by atoms with Crippen LogP contribution in [0.4, 0.5) is 30.7 Å². The van der Waals surface area contributed by atoms with Gasteiger partial charge in [-0.2, -0.15) is 26.3 Å². The van der Waals surface area contributed by atoms with E-state index in [1.807, 2.05) is 0 Å². The largest absolute Gasteiger partial charge is 0.398 e. The summed E-state index contributed by atoms with van der Waals surface area (Å²) in [7, 11) is 0. The minimum Gasteiger partial charge on any atom is -0.246 e. The molecule has 0 aromatic rings. The Morgan fingerprint density at radius 2 is 1.31 bits per heavy atom. The van der Waals surface area contributed by atoms with Crippen molar-refractivity contribution < 1.29 is 30.7 Å². The van der Waals surface area contributed by atoms with Crippen LogP contribution in [-0.2, 0) is 0 Å². The van der Waals surface area contributed by atoms with Crippen molar-refractivity contribution in [2.75, 3.05) is 0 Å². The summed E-state index contributed by atoms with van der Waals surface area (Å²) < 4.78 is 88.4. The molecule has 1 aliphatic rings. The topological polar surface area (TPSA) is 0 Å². The van der Waals surface area contributed by atoms with E-state index < -0.39 is 35.3 Å². The monoisotopic (exact) mass is 252 g/mol. The predicted octanol–water partition coefficient (Wildman–Crippen LogP) is 4.11. The van der Waals surface area contributed by atoms with Crippen molar-refractivity contribution in [2.24, 2.45) is 16.7 Å². The van der Waals surface area contributed by atoms with Gasteiger partial charge in [0.15, 0.2) is 0 Å². The van der Waals surface area contributed by atoms with Gasteiger partial charge in [-0.15, -0.1) is 0 Å². The zero-order valence-corrected chi connectivity index (χ0v) is 8.80. The molecular weight excluding hydrogens is 241 g/mol. The van der Waals surface area contributed by atoms with Crippen molar-refractivity contribution in [3.8, 4) is 0 Å². The van der Waals surface area contributed by atoms with Crippen LogP contribution < -0.4 is 0 Å². The predicted molar refractivity (Wildman–Crippen MR) is 42.4 cm³/mol. The number of rotatable bonds is 1. The lowest BCUT2D eigenvalue weighted by atomic mass is 9.82. The van der Waals surface area contributed by atoms with Gasteiger partial charge in [0.1, 0.15) is 11.6 Å². The van der Waals surface area contributed by atoms with Gasteiger partial charge in [0.2, 0.25) is 0 Å². The van der Waals surface area contributed by atoms with Crippen molar-refractivity contribution in [3.05, 3.63) is 0 Å². The SMILES string of the molecule is CC(C(F)(F)F)C1(C(F)(F)F)C(F)C1(C)C. The summed E-state index contributed by atoms with van der Waals surface area (Å²) in [6.45, 7) is 2.12. The second-order valence-corrected chi connectivity index (χ2v) is 4.71. The van der Waals surface area contributed by atoms with Crippen molar-refractivity contribution in [2.45, 2.75) is 39.3 Å². The standard InChI is InChI=1S/C9H11F7/c1-4(8(11,12)13)7(9(14,15)16)5(10)6(7,2)3/h4-5H,1-3H3. The van der Waals surface area contributed by atoms with E-state index in [1.54, 1.807) is 0 Å². The molecule has 0 radical (unpaired) electrons. The molecule has 0 amide bonds. The quantitative estimate of drug-likeness (QED) is 0.616. The van der Waals surface area contributed by atoms with Gasteiger partial charge in [-0.3, -0.25) is 0 Å². The molecule has 0 spiro atoms. The van der Waals surface area contributed by atoms with Crippen LogP contribution in [0.5, 0.6) is 0 Å². The third-order valence-corrected chi connectivity index (χ3v) is 3.66. The third-order valence-electron chi connectivity index (χ3n) is 3.66. The molecule has 0 aromatic heterocycles. The highest BCUT2D eigenvalue weighted by molar-refractivity contribution is 5.24. The minimum atomic E-state index is -5.20. The van der Waals surface area contributed by atoms with Crippen LogP contribution in [0.3, 0.4) is 0 Å². The zero-order chi connectivity index (χ0) is 13.2. The average molecular weight is 252 g/mol. The number of hydrogen-bond acceptors (Lipinski definition) is 0. The molecular formula is C9H11F7. The van der Waals surface area contributed by atoms with Gasteiger partial charge in [0.05, 0.1) is 5.92 Å². The molecule has 0 saturated heterocycles. The van der Waals surface area contributed by atoms with E-state index in [4.69, 9.17) is 0 Å². The summed E-state index contributed by atoms with van der Waals surface area (Å²) in [6, 6.07) is 0. The fourth-order valence-electron chi connectivity index (χ4n) is 2.52. The maximum Gasteiger partial charge on any atom is 0.398 e. The first-order valence-corrected chi connectivity index (χ1v) is 4.58. The average Bonchev–Trinajstić information content (AvgIpc) is 2.43. The van der Waals surface area contributed by atoms with Crippen LogP contribution in [0, 0.1) is 16.7 Å². The fourth-order valence-corrected chi connectivity index (χ4v) is 2.52. The Morgan fingerprint density at radius 1 is 1.00 bits per heavy atom. The lowest BCUT2D eigenvalue weighted by Crippen LogP contribution is -2.43. The summed E-state index contributed by atoms with van der Waals surface area (Å²) in [6.07, 6.45) is -12.8. The van der Waals surface area contributed by atoms with Gasteiger partial charge in [-0.05, 0) is 0 Å². The van der Waals surface area contributed by atoms with Gasteiger partial charge in [0, 0.05) is 5.41 Å². The van der Waals surface area contributed by atoms with Crippen molar-refractivity contribution in [1.82, 2.24) is 0 Å². The van der Waals surface area contributed by atoms with Gasteiger partial charge >= 0.3 is 12.4 Å². The number of hydrogen-bond donors (Lipinski definition) is 0. The molecule has 1 saturated carbocycles. The lowest BCUT2D eigenvalue weighted by molar-refractivity contribution is -0.273. The first-order valence-electron chi connectivity index (χ1n) is 4.58. The lowest BCUT2D eigenvalue weighted by Gasteiger charge is -2.30. The van der Waals surface area contributed by atoms with Gasteiger partial charge in [0.25, 0.3) is 0 Å². The van der Waals surface area contributed by atoms with Crippen molar-refractivity contribution >= 4 is 0 Å². The molecule has 16 heavy (non-hydrogen) atoms. The molecule has 3 atom stereocenters. The highest BCUT2D eigenvalue weighted by Gasteiger charge is 2.88. The first kappa shape index (κ1) is 13.6. The Labute approximate surface area is 87.8 Å². The van der Waals surface area contributed by atoms with E-state index in [-0.39, 0.29) is 0 Å². The van der Waals surface area contributed by atoms with E-state index in [0.29, 0.717) is 6.92 Å². The maximum absolute atomic E-state index is 13.3. The molecule has 1 aliphatic carbocycles. The van der Waals surface area contributed by atoms with E-state index >= 15 is 0 Å². The van der Waals surface area contributed by atoms with Crippen molar-refractivity contribution in [3.63, 3.8) is 0 Å². The Kier molecular flexibility index (Phi) is 2.58. The Balaban J connectivity index is 3.23. The smallest absolute Gasteiger partial charge is 0.246 e. The Hall–Kier alpha value is -0.490. The Bertz CT molecular complexity index is 275. The van der Waals surface area contributed by atoms with Crippen LogP contribution in [-0.4, -0.2) is 18.5 Å². The van der Waals surface area contributed by atoms with Crippen LogP contribution >= 0.6 is 0 Å². The highest BCUT2D eigenvalue weighted by Crippen LogP contribution is 2.77. The molecule has 0 N–H and O–H groups in total. The normalized spacial score (nSPS) is 36.0. The van der Waals surface area contributed by atoms with Gasteiger partial charge in [-0.1, -0.05) is 20.8 Å². The zero-order valence-electron chi connectivity index (χ0n) is 8.80. The molecule has 0 aliphatic heterocycles. The molecule has 0 nitrogen and oxygen atoms in total. The Morgan fingerprint density at radius 3 is 1.38 bits per heavy atom. The second-order valence-electron chi connectivity index (χ2n) is 4.71. The van der Waals surface area contributed by atoms with E-state index in [1.165, 1.54) is 0 Å². The molecule has 96 valence electrons. The first-order chi connectivity index (χ1) is 6.81. The molecule has 1 fully saturated rings. The summed E-state index contributed by atoms with van der Waals surface area (Å²) in [5, 5.41) is 0. The fraction of sp³-hybridized carbons (Fsp3) is 1.00. The van der Waals surface area contributed by atoms with Crippen LogP contribution in [0.25, 0.3) is 0 Å². The number of alkyl halides is 7. The second kappa shape index (κ2) is 3.04. The summed E-state index contributed by atoms with van der Waals surface area (Å²) in [5.74, 6) is -2.75. The molecule has 3 unspecified atom stereocenters. The molecule has 1 rings (SSSR count). The molecule has 0 aromatic carbocycles. The van der Waals surface area contributed by atoms with E-state index in [0.717, 1.165) is 13.8 Å². The van der Waals surface area contributed by atoms with Crippen molar-refractivity contribution in [1.29, 1.82) is 0 Å². The van der Waals surface area contributed by atoms with Gasteiger partial charge < -0.3 is 0 Å². The van der Waals surface area contributed by atoms with Gasteiger partial charge in [-0.25, -0.2) is 4.39 Å². The summed E-state index contributed by atoms with van der Waals surface area (Å²) >= 11 is 0. The van der Waals surface area contributed by atoms with E-state index in [2.05, 4.69) is 0 Å². The molecule has 7 heteroatoms.